The van der Waals surface area contributed by atoms with Gasteiger partial charge in [-0.25, -0.2) is 9.69 Å². The first-order chi connectivity index (χ1) is 18.3. The van der Waals surface area contributed by atoms with Gasteiger partial charge in [-0.3, -0.25) is 14.9 Å². The van der Waals surface area contributed by atoms with E-state index in [9.17, 15) is 14.4 Å². The second-order valence-corrected chi connectivity index (χ2v) is 8.66. The number of carbonyl (C=O) groups excluding carboxylic acids is 3. The van der Waals surface area contributed by atoms with Crippen LogP contribution in [0.1, 0.15) is 5.56 Å². The van der Waals surface area contributed by atoms with E-state index in [0.29, 0.717) is 22.1 Å². The third kappa shape index (κ3) is 5.85. The van der Waals surface area contributed by atoms with Gasteiger partial charge in [-0.05, 0) is 60.2 Å². The first-order valence-electron chi connectivity index (χ1n) is 11.3. The van der Waals surface area contributed by atoms with E-state index >= 15 is 0 Å². The average Bonchev–Trinajstić information content (AvgIpc) is 2.90. The summed E-state index contributed by atoms with van der Waals surface area (Å²) in [5.41, 5.74) is 0.370. The number of benzene rings is 3. The largest absolute Gasteiger partial charge is 0.493 e. The summed E-state index contributed by atoms with van der Waals surface area (Å²) in [7, 11) is 2.98. The molecule has 38 heavy (non-hydrogen) atoms. The summed E-state index contributed by atoms with van der Waals surface area (Å²) in [6.07, 6.45) is 1.32. The predicted molar refractivity (Wildman–Crippen MR) is 142 cm³/mol. The number of para-hydroxylation sites is 2. The van der Waals surface area contributed by atoms with Gasteiger partial charge in [0.15, 0.2) is 23.0 Å². The van der Waals surface area contributed by atoms with Crippen molar-refractivity contribution in [1.29, 1.82) is 0 Å². The Hall–Kier alpha value is -4.21. The van der Waals surface area contributed by atoms with Gasteiger partial charge >= 0.3 is 6.03 Å². The van der Waals surface area contributed by atoms with Crippen LogP contribution in [0.2, 0.25) is 10.0 Å². The molecule has 0 radical (unpaired) electrons. The lowest BCUT2D eigenvalue weighted by Gasteiger charge is -2.26. The quantitative estimate of drug-likeness (QED) is 0.221. The number of halogens is 2. The van der Waals surface area contributed by atoms with E-state index in [1.54, 1.807) is 25.3 Å². The third-order valence-electron chi connectivity index (χ3n) is 5.41. The lowest BCUT2D eigenvalue weighted by molar-refractivity contribution is -0.122. The Labute approximate surface area is 228 Å². The van der Waals surface area contributed by atoms with Crippen LogP contribution in [0.15, 0.2) is 66.2 Å². The van der Waals surface area contributed by atoms with Crippen molar-refractivity contribution < 1.29 is 33.3 Å². The summed E-state index contributed by atoms with van der Waals surface area (Å²) in [6, 6.07) is 15.5. The van der Waals surface area contributed by atoms with E-state index in [1.165, 1.54) is 43.5 Å². The van der Waals surface area contributed by atoms with E-state index in [-0.39, 0.29) is 41.0 Å². The Morgan fingerprint density at radius 1 is 0.842 bits per heavy atom. The highest BCUT2D eigenvalue weighted by atomic mass is 35.5. The topological polar surface area (TPSA) is 103 Å². The Balaban J connectivity index is 1.52. The van der Waals surface area contributed by atoms with Gasteiger partial charge in [0.1, 0.15) is 18.8 Å². The number of imide groups is 2. The zero-order chi connectivity index (χ0) is 27.2. The normalized spacial score (nSPS) is 14.4. The number of hydrogen-bond donors (Lipinski definition) is 1. The Bertz CT molecular complexity index is 1410. The number of ether oxygens (including phenoxy) is 4. The molecule has 4 amide bonds. The molecule has 0 aliphatic carbocycles. The maximum absolute atomic E-state index is 13.1. The SMILES string of the molecule is COc1ccccc1OCCOc1c(Cl)cc(/C=C2/C(=O)NC(=O)N(c3ccc(Cl)cc3)C2=O)cc1OC. The van der Waals surface area contributed by atoms with Crippen LogP contribution < -0.4 is 29.2 Å². The van der Waals surface area contributed by atoms with Gasteiger partial charge in [-0.15, -0.1) is 0 Å². The van der Waals surface area contributed by atoms with Crippen LogP contribution >= 0.6 is 23.2 Å². The highest BCUT2D eigenvalue weighted by Gasteiger charge is 2.36. The fourth-order valence-electron chi connectivity index (χ4n) is 3.65. The van der Waals surface area contributed by atoms with Crippen molar-refractivity contribution in [2.75, 3.05) is 32.3 Å². The molecule has 196 valence electrons. The second kappa shape index (κ2) is 11.9. The van der Waals surface area contributed by atoms with Gasteiger partial charge in [-0.1, -0.05) is 35.3 Å². The number of anilines is 1. The van der Waals surface area contributed by atoms with Crippen molar-refractivity contribution in [3.8, 4) is 23.0 Å². The van der Waals surface area contributed by atoms with Gasteiger partial charge in [-0.2, -0.15) is 0 Å². The van der Waals surface area contributed by atoms with Crippen LogP contribution in [0.4, 0.5) is 10.5 Å². The average molecular weight is 557 g/mol. The number of rotatable bonds is 9. The minimum atomic E-state index is -0.867. The van der Waals surface area contributed by atoms with Crippen molar-refractivity contribution in [1.82, 2.24) is 5.32 Å². The van der Waals surface area contributed by atoms with Crippen molar-refractivity contribution in [3.63, 3.8) is 0 Å². The standard InChI is InChI=1S/C27H22Cl2N2O7/c1-35-21-5-3-4-6-22(21)37-11-12-38-24-20(29)14-16(15-23(24)36-2)13-19-25(32)30-27(34)31(26(19)33)18-9-7-17(28)8-10-18/h3-10,13-15H,11-12H2,1-2H3,(H,30,32,34)/b19-13-. The summed E-state index contributed by atoms with van der Waals surface area (Å²) >= 11 is 12.4. The highest BCUT2D eigenvalue weighted by Crippen LogP contribution is 2.37. The first-order valence-corrected chi connectivity index (χ1v) is 12.0. The highest BCUT2D eigenvalue weighted by molar-refractivity contribution is 6.39. The second-order valence-electron chi connectivity index (χ2n) is 7.82. The molecule has 3 aromatic rings. The van der Waals surface area contributed by atoms with Gasteiger partial charge < -0.3 is 18.9 Å². The molecule has 0 spiro atoms. The molecule has 9 nitrogen and oxygen atoms in total. The lowest BCUT2D eigenvalue weighted by atomic mass is 10.1. The molecular formula is C27H22Cl2N2O7. The molecule has 0 saturated carbocycles. The van der Waals surface area contributed by atoms with Crippen LogP contribution in [0.5, 0.6) is 23.0 Å². The van der Waals surface area contributed by atoms with E-state index in [0.717, 1.165) is 4.90 Å². The van der Waals surface area contributed by atoms with Crippen LogP contribution in [0.25, 0.3) is 6.08 Å². The molecule has 1 N–H and O–H groups in total. The van der Waals surface area contributed by atoms with E-state index in [4.69, 9.17) is 42.1 Å². The molecule has 3 aromatic carbocycles. The van der Waals surface area contributed by atoms with E-state index in [1.807, 2.05) is 12.1 Å². The summed E-state index contributed by atoms with van der Waals surface area (Å²) in [6.45, 7) is 0.350. The fourth-order valence-corrected chi connectivity index (χ4v) is 4.05. The molecule has 1 heterocycles. The molecule has 0 aromatic heterocycles. The number of amides is 4. The number of hydrogen-bond acceptors (Lipinski definition) is 7. The summed E-state index contributed by atoms with van der Waals surface area (Å²) < 4.78 is 22.2. The molecular weight excluding hydrogens is 535 g/mol. The fraction of sp³-hybridized carbons (Fsp3) is 0.148. The smallest absolute Gasteiger partial charge is 0.335 e. The molecule has 1 aliphatic heterocycles. The molecule has 1 fully saturated rings. The monoisotopic (exact) mass is 556 g/mol. The lowest BCUT2D eigenvalue weighted by Crippen LogP contribution is -2.54. The molecule has 1 aliphatic rings. The molecule has 0 bridgehead atoms. The zero-order valence-electron chi connectivity index (χ0n) is 20.3. The number of carbonyl (C=O) groups is 3. The van der Waals surface area contributed by atoms with Crippen LogP contribution in [0, 0.1) is 0 Å². The van der Waals surface area contributed by atoms with Gasteiger partial charge in [0.05, 0.1) is 24.9 Å². The number of barbiturate groups is 1. The minimum Gasteiger partial charge on any atom is -0.493 e. The number of nitrogens with one attached hydrogen (secondary N) is 1. The third-order valence-corrected chi connectivity index (χ3v) is 5.94. The summed E-state index contributed by atoms with van der Waals surface area (Å²) in [5, 5.41) is 2.78. The van der Waals surface area contributed by atoms with Gasteiger partial charge in [0.2, 0.25) is 0 Å². The van der Waals surface area contributed by atoms with Crippen molar-refractivity contribution >= 4 is 52.8 Å². The van der Waals surface area contributed by atoms with Gasteiger partial charge in [0.25, 0.3) is 11.8 Å². The molecule has 11 heteroatoms. The zero-order valence-corrected chi connectivity index (χ0v) is 21.8. The van der Waals surface area contributed by atoms with Crippen LogP contribution in [-0.4, -0.2) is 45.3 Å². The maximum Gasteiger partial charge on any atom is 0.335 e. The van der Waals surface area contributed by atoms with Crippen LogP contribution in [0.3, 0.4) is 0 Å². The van der Waals surface area contributed by atoms with Crippen molar-refractivity contribution in [2.24, 2.45) is 0 Å². The van der Waals surface area contributed by atoms with Crippen molar-refractivity contribution in [3.05, 3.63) is 81.8 Å². The van der Waals surface area contributed by atoms with Crippen LogP contribution in [-0.2, 0) is 9.59 Å². The Morgan fingerprint density at radius 2 is 1.50 bits per heavy atom. The summed E-state index contributed by atoms with van der Waals surface area (Å²) in [4.78, 5) is 38.9. The van der Waals surface area contributed by atoms with E-state index in [2.05, 4.69) is 5.32 Å². The molecule has 1 saturated heterocycles. The minimum absolute atomic E-state index is 0.146. The number of urea groups is 1. The Morgan fingerprint density at radius 3 is 2.18 bits per heavy atom. The van der Waals surface area contributed by atoms with Gasteiger partial charge in [0, 0.05) is 5.02 Å². The Kier molecular flexibility index (Phi) is 8.40. The first kappa shape index (κ1) is 26.8. The maximum atomic E-state index is 13.1. The molecule has 0 unspecified atom stereocenters. The molecule has 0 atom stereocenters. The predicted octanol–water partition coefficient (Wildman–Crippen LogP) is 5.13. The van der Waals surface area contributed by atoms with Crippen molar-refractivity contribution in [2.45, 2.75) is 0 Å². The molecule has 4 rings (SSSR count). The summed E-state index contributed by atoms with van der Waals surface area (Å²) in [5.74, 6) is 0.0608. The van der Waals surface area contributed by atoms with E-state index < -0.39 is 17.8 Å². The number of methoxy groups -OCH3 is 2. The number of nitrogens with zero attached hydrogens (tertiary/aromatic N) is 1.